The molecule has 0 aromatic heterocycles. The van der Waals surface area contributed by atoms with E-state index < -0.39 is 11.9 Å². The molecule has 6 heteroatoms. The average molecular weight is 301 g/mol. The van der Waals surface area contributed by atoms with Gasteiger partial charge in [-0.05, 0) is 35.9 Å². The summed E-state index contributed by atoms with van der Waals surface area (Å²) in [6, 6.07) is 10.5. The number of esters is 2. The monoisotopic (exact) mass is 301 g/mol. The van der Waals surface area contributed by atoms with E-state index in [1.807, 2.05) is 0 Å². The van der Waals surface area contributed by atoms with Crippen LogP contribution in [0, 0.1) is 0 Å². The first-order valence-electron chi connectivity index (χ1n) is 6.44. The maximum absolute atomic E-state index is 11.9. The topological polar surface area (TPSA) is 98.8 Å². The molecule has 0 unspecified atom stereocenters. The van der Waals surface area contributed by atoms with E-state index in [0.29, 0.717) is 11.1 Å². The lowest BCUT2D eigenvalue weighted by molar-refractivity contribution is 0.0472. The minimum absolute atomic E-state index is 0.0232. The second-order valence-electron chi connectivity index (χ2n) is 4.54. The molecule has 0 bridgehead atoms. The zero-order valence-electron chi connectivity index (χ0n) is 11.9. The summed E-state index contributed by atoms with van der Waals surface area (Å²) in [5, 5.41) is 9.37. The number of rotatable bonds is 4. The first-order valence-corrected chi connectivity index (χ1v) is 6.44. The second kappa shape index (κ2) is 6.62. The zero-order chi connectivity index (χ0) is 16.1. The van der Waals surface area contributed by atoms with E-state index in [2.05, 4.69) is 4.74 Å². The predicted octanol–water partition coefficient (Wildman–Crippen LogP) is 2.12. The van der Waals surface area contributed by atoms with Crippen molar-refractivity contribution in [3.8, 4) is 5.75 Å². The number of carbonyl (C=O) groups excluding carboxylic acids is 2. The van der Waals surface area contributed by atoms with Crippen LogP contribution in [0.4, 0.5) is 5.69 Å². The summed E-state index contributed by atoms with van der Waals surface area (Å²) >= 11 is 0. The SMILES string of the molecule is COC(=O)c1ccc(COC(=O)c2cc(O)ccc2N)cc1. The van der Waals surface area contributed by atoms with Gasteiger partial charge in [-0.15, -0.1) is 0 Å². The number of nitrogen functional groups attached to an aromatic ring is 1. The maximum atomic E-state index is 11.9. The molecule has 0 saturated heterocycles. The van der Waals surface area contributed by atoms with E-state index in [1.54, 1.807) is 24.3 Å². The van der Waals surface area contributed by atoms with Crippen LogP contribution in [-0.2, 0) is 16.1 Å². The van der Waals surface area contributed by atoms with Gasteiger partial charge >= 0.3 is 11.9 Å². The van der Waals surface area contributed by atoms with Gasteiger partial charge < -0.3 is 20.3 Å². The number of nitrogens with two attached hydrogens (primary N) is 1. The Hall–Kier alpha value is -3.02. The molecule has 0 saturated carbocycles. The van der Waals surface area contributed by atoms with Crippen LogP contribution < -0.4 is 5.73 Å². The third kappa shape index (κ3) is 3.54. The molecule has 0 amide bonds. The Morgan fingerprint density at radius 3 is 2.41 bits per heavy atom. The lowest BCUT2D eigenvalue weighted by atomic mass is 10.1. The molecule has 0 atom stereocenters. The summed E-state index contributed by atoms with van der Waals surface area (Å²) in [6.07, 6.45) is 0. The van der Waals surface area contributed by atoms with Crippen LogP contribution in [-0.4, -0.2) is 24.2 Å². The molecule has 0 heterocycles. The molecule has 0 aliphatic rings. The molecule has 6 nitrogen and oxygen atoms in total. The largest absolute Gasteiger partial charge is 0.508 e. The van der Waals surface area contributed by atoms with E-state index in [1.165, 1.54) is 25.3 Å². The number of anilines is 1. The molecule has 114 valence electrons. The van der Waals surface area contributed by atoms with Gasteiger partial charge in [0.1, 0.15) is 12.4 Å². The van der Waals surface area contributed by atoms with Crippen molar-refractivity contribution in [1.29, 1.82) is 0 Å². The molecule has 0 spiro atoms. The first-order chi connectivity index (χ1) is 10.5. The van der Waals surface area contributed by atoms with E-state index in [0.717, 1.165) is 0 Å². The average Bonchev–Trinajstić information content (AvgIpc) is 2.54. The highest BCUT2D eigenvalue weighted by molar-refractivity contribution is 5.95. The standard InChI is InChI=1S/C16H15NO5/c1-21-15(19)11-4-2-10(3-5-11)9-22-16(20)13-8-12(18)6-7-14(13)17/h2-8,18H,9,17H2,1H3. The first kappa shape index (κ1) is 15.4. The number of methoxy groups -OCH3 is 1. The highest BCUT2D eigenvalue weighted by atomic mass is 16.5. The molecule has 22 heavy (non-hydrogen) atoms. The van der Waals surface area contributed by atoms with Crippen LogP contribution in [0.1, 0.15) is 26.3 Å². The van der Waals surface area contributed by atoms with Crippen molar-refractivity contribution in [3.63, 3.8) is 0 Å². The molecule has 2 rings (SSSR count). The van der Waals surface area contributed by atoms with Crippen molar-refractivity contribution in [2.45, 2.75) is 6.61 Å². The van der Waals surface area contributed by atoms with Crippen LogP contribution in [0.5, 0.6) is 5.75 Å². The molecular formula is C16H15NO5. The number of benzene rings is 2. The number of phenols is 1. The van der Waals surface area contributed by atoms with E-state index in [4.69, 9.17) is 10.5 Å². The quantitative estimate of drug-likeness (QED) is 0.510. The summed E-state index contributed by atoms with van der Waals surface area (Å²) < 4.78 is 9.73. The van der Waals surface area contributed by atoms with Gasteiger partial charge in [-0.3, -0.25) is 0 Å². The van der Waals surface area contributed by atoms with Crippen LogP contribution in [0.25, 0.3) is 0 Å². The lowest BCUT2D eigenvalue weighted by Crippen LogP contribution is -2.08. The molecule has 0 fully saturated rings. The van der Waals surface area contributed by atoms with Crippen molar-refractivity contribution >= 4 is 17.6 Å². The number of phenolic OH excluding ortho intramolecular Hbond substituents is 1. The van der Waals surface area contributed by atoms with Crippen molar-refractivity contribution in [2.75, 3.05) is 12.8 Å². The van der Waals surface area contributed by atoms with E-state index in [-0.39, 0.29) is 23.6 Å². The summed E-state index contributed by atoms with van der Waals surface area (Å²) in [7, 11) is 1.30. The fraction of sp³-hybridized carbons (Fsp3) is 0.125. The van der Waals surface area contributed by atoms with Gasteiger partial charge in [0, 0.05) is 5.69 Å². The van der Waals surface area contributed by atoms with Crippen LogP contribution in [0.15, 0.2) is 42.5 Å². The Morgan fingerprint density at radius 1 is 1.09 bits per heavy atom. The van der Waals surface area contributed by atoms with Crippen molar-refractivity contribution < 1.29 is 24.2 Å². The van der Waals surface area contributed by atoms with Gasteiger partial charge in [-0.25, -0.2) is 9.59 Å². The third-order valence-corrected chi connectivity index (χ3v) is 3.00. The number of hydrogen-bond acceptors (Lipinski definition) is 6. The van der Waals surface area contributed by atoms with Crippen molar-refractivity contribution in [1.82, 2.24) is 0 Å². The third-order valence-electron chi connectivity index (χ3n) is 3.00. The molecular weight excluding hydrogens is 286 g/mol. The molecule has 0 aliphatic carbocycles. The fourth-order valence-corrected chi connectivity index (χ4v) is 1.80. The molecule has 2 aromatic carbocycles. The fourth-order valence-electron chi connectivity index (χ4n) is 1.80. The number of hydrogen-bond donors (Lipinski definition) is 2. The zero-order valence-corrected chi connectivity index (χ0v) is 11.9. The van der Waals surface area contributed by atoms with Crippen LogP contribution >= 0.6 is 0 Å². The highest BCUT2D eigenvalue weighted by Crippen LogP contribution is 2.20. The lowest BCUT2D eigenvalue weighted by Gasteiger charge is -2.08. The predicted molar refractivity (Wildman–Crippen MR) is 79.4 cm³/mol. The summed E-state index contributed by atoms with van der Waals surface area (Å²) in [5.41, 5.74) is 7.11. The molecule has 0 radical (unpaired) electrons. The van der Waals surface area contributed by atoms with Gasteiger partial charge in [-0.2, -0.15) is 0 Å². The number of aromatic hydroxyl groups is 1. The summed E-state index contributed by atoms with van der Waals surface area (Å²) in [6.45, 7) is 0.0232. The van der Waals surface area contributed by atoms with Crippen LogP contribution in [0.2, 0.25) is 0 Å². The van der Waals surface area contributed by atoms with E-state index >= 15 is 0 Å². The van der Waals surface area contributed by atoms with E-state index in [9.17, 15) is 14.7 Å². The Bertz CT molecular complexity index is 694. The van der Waals surface area contributed by atoms with Crippen molar-refractivity contribution in [2.24, 2.45) is 0 Å². The smallest absolute Gasteiger partial charge is 0.340 e. The normalized spacial score (nSPS) is 10.0. The Balaban J connectivity index is 2.02. The Labute approximate surface area is 127 Å². The minimum Gasteiger partial charge on any atom is -0.508 e. The molecule has 0 aliphatic heterocycles. The highest BCUT2D eigenvalue weighted by Gasteiger charge is 2.12. The van der Waals surface area contributed by atoms with Gasteiger partial charge in [-0.1, -0.05) is 12.1 Å². The molecule has 2 aromatic rings. The Kier molecular flexibility index (Phi) is 4.63. The molecule has 3 N–H and O–H groups in total. The Morgan fingerprint density at radius 2 is 1.77 bits per heavy atom. The van der Waals surface area contributed by atoms with Gasteiger partial charge in [0.2, 0.25) is 0 Å². The van der Waals surface area contributed by atoms with Gasteiger partial charge in [0.15, 0.2) is 0 Å². The van der Waals surface area contributed by atoms with Crippen LogP contribution in [0.3, 0.4) is 0 Å². The second-order valence-corrected chi connectivity index (χ2v) is 4.54. The van der Waals surface area contributed by atoms with Gasteiger partial charge in [0.25, 0.3) is 0 Å². The van der Waals surface area contributed by atoms with Gasteiger partial charge in [0.05, 0.1) is 18.2 Å². The number of ether oxygens (including phenoxy) is 2. The maximum Gasteiger partial charge on any atom is 0.340 e. The van der Waals surface area contributed by atoms with Crippen molar-refractivity contribution in [3.05, 3.63) is 59.2 Å². The minimum atomic E-state index is -0.634. The summed E-state index contributed by atoms with van der Waals surface area (Å²) in [4.78, 5) is 23.2. The number of carbonyl (C=O) groups is 2. The summed E-state index contributed by atoms with van der Waals surface area (Å²) in [5.74, 6) is -1.13.